The van der Waals surface area contributed by atoms with E-state index < -0.39 is 10.0 Å². The van der Waals surface area contributed by atoms with Gasteiger partial charge in [0.25, 0.3) is 10.0 Å². The average Bonchev–Trinajstić information content (AvgIpc) is 3.11. The Hall–Kier alpha value is -3.00. The van der Waals surface area contributed by atoms with Crippen molar-refractivity contribution in [2.45, 2.75) is 4.90 Å². The molecule has 0 aliphatic carbocycles. The van der Waals surface area contributed by atoms with Crippen LogP contribution in [0.2, 0.25) is 10.0 Å². The Labute approximate surface area is 183 Å². The van der Waals surface area contributed by atoms with Crippen LogP contribution in [0.25, 0.3) is 10.9 Å². The molecule has 0 fully saturated rings. The van der Waals surface area contributed by atoms with Crippen LogP contribution in [-0.4, -0.2) is 19.0 Å². The zero-order valence-electron chi connectivity index (χ0n) is 15.3. The predicted octanol–water partition coefficient (Wildman–Crippen LogP) is 5.83. The van der Waals surface area contributed by atoms with Crippen molar-refractivity contribution in [2.75, 3.05) is 10.0 Å². The minimum absolute atomic E-state index is 0.0418. The Morgan fingerprint density at radius 2 is 1.53 bits per heavy atom. The second kappa shape index (κ2) is 8.02. The zero-order chi connectivity index (χ0) is 21.3. The highest BCUT2D eigenvalue weighted by Gasteiger charge is 2.17. The van der Waals surface area contributed by atoms with E-state index in [-0.39, 0.29) is 21.0 Å². The lowest BCUT2D eigenvalue weighted by molar-refractivity contribution is 0.254. The molecule has 6 nitrogen and oxygen atoms in total. The molecule has 0 atom stereocenters. The number of halogens is 2. The molecule has 0 saturated carbocycles. The largest absolute Gasteiger partial charge is 0.330 e. The lowest BCUT2D eigenvalue weighted by Gasteiger charge is -2.10. The number of benzene rings is 3. The SMILES string of the molecule is O=C(Nc1ccccc1)n1ccc2cc(NS(=O)(=O)c3cc(Cl)cc(Cl)c3)ccc21. The number of para-hydroxylation sites is 1. The first-order chi connectivity index (χ1) is 14.3. The quantitative estimate of drug-likeness (QED) is 0.402. The maximum absolute atomic E-state index is 12.7. The number of carbonyl (C=O) groups is 1. The molecular formula is C21H15Cl2N3O3S. The summed E-state index contributed by atoms with van der Waals surface area (Å²) in [5.41, 5.74) is 1.66. The summed E-state index contributed by atoms with van der Waals surface area (Å²) >= 11 is 11.8. The number of hydrogen-bond donors (Lipinski definition) is 2. The van der Waals surface area contributed by atoms with Crippen LogP contribution in [0, 0.1) is 0 Å². The highest BCUT2D eigenvalue weighted by atomic mass is 35.5. The van der Waals surface area contributed by atoms with Gasteiger partial charge in [-0.05, 0) is 54.6 Å². The van der Waals surface area contributed by atoms with Gasteiger partial charge in [0, 0.05) is 33.0 Å². The minimum Gasteiger partial charge on any atom is -0.307 e. The number of hydrogen-bond acceptors (Lipinski definition) is 3. The molecule has 4 aromatic rings. The number of nitrogens with one attached hydrogen (secondary N) is 2. The molecule has 0 unspecified atom stereocenters. The molecule has 0 aliphatic heterocycles. The van der Waals surface area contributed by atoms with Gasteiger partial charge in [0.1, 0.15) is 0 Å². The van der Waals surface area contributed by atoms with E-state index in [4.69, 9.17) is 23.2 Å². The van der Waals surface area contributed by atoms with Gasteiger partial charge < -0.3 is 5.32 Å². The third-order valence-corrected chi connectivity index (χ3v) is 6.13. The van der Waals surface area contributed by atoms with Crippen LogP contribution in [-0.2, 0) is 10.0 Å². The number of sulfonamides is 1. The molecule has 0 spiro atoms. The molecule has 9 heteroatoms. The van der Waals surface area contributed by atoms with Crippen LogP contribution < -0.4 is 10.0 Å². The highest BCUT2D eigenvalue weighted by Crippen LogP contribution is 2.26. The van der Waals surface area contributed by atoms with E-state index in [9.17, 15) is 13.2 Å². The Kier molecular flexibility index (Phi) is 5.42. The van der Waals surface area contributed by atoms with E-state index in [2.05, 4.69) is 10.0 Å². The Bertz CT molecular complexity index is 1330. The molecule has 0 radical (unpaired) electrons. The van der Waals surface area contributed by atoms with Gasteiger partial charge in [-0.25, -0.2) is 13.2 Å². The topological polar surface area (TPSA) is 80.2 Å². The van der Waals surface area contributed by atoms with Crippen LogP contribution in [0.5, 0.6) is 0 Å². The van der Waals surface area contributed by atoms with E-state index in [0.29, 0.717) is 22.3 Å². The smallest absolute Gasteiger partial charge is 0.307 e. The zero-order valence-corrected chi connectivity index (χ0v) is 17.7. The molecule has 2 N–H and O–H groups in total. The summed E-state index contributed by atoms with van der Waals surface area (Å²) in [6.45, 7) is 0. The Morgan fingerprint density at radius 1 is 0.833 bits per heavy atom. The first-order valence-corrected chi connectivity index (χ1v) is 11.0. The van der Waals surface area contributed by atoms with Crippen LogP contribution in [0.4, 0.5) is 16.2 Å². The second-order valence-corrected chi connectivity index (χ2v) is 9.02. The fraction of sp³-hybridized carbons (Fsp3) is 0. The number of anilines is 2. The number of aromatic nitrogens is 1. The summed E-state index contributed by atoms with van der Waals surface area (Å²) in [5, 5.41) is 3.95. The van der Waals surface area contributed by atoms with Crippen LogP contribution in [0.3, 0.4) is 0 Å². The molecule has 30 heavy (non-hydrogen) atoms. The predicted molar refractivity (Wildman–Crippen MR) is 120 cm³/mol. The van der Waals surface area contributed by atoms with E-state index >= 15 is 0 Å². The van der Waals surface area contributed by atoms with Crippen molar-refractivity contribution in [3.8, 4) is 0 Å². The average molecular weight is 460 g/mol. The molecular weight excluding hydrogens is 445 g/mol. The molecule has 3 aromatic carbocycles. The van der Waals surface area contributed by atoms with Gasteiger partial charge in [-0.15, -0.1) is 0 Å². The molecule has 1 aromatic heterocycles. The summed E-state index contributed by atoms with van der Waals surface area (Å²) in [6, 6.07) is 19.5. The maximum atomic E-state index is 12.7. The van der Waals surface area contributed by atoms with Crippen molar-refractivity contribution in [2.24, 2.45) is 0 Å². The van der Waals surface area contributed by atoms with Crippen LogP contribution >= 0.6 is 23.2 Å². The van der Waals surface area contributed by atoms with Crippen molar-refractivity contribution >= 4 is 61.5 Å². The summed E-state index contributed by atoms with van der Waals surface area (Å²) in [5.74, 6) is 0. The van der Waals surface area contributed by atoms with E-state index in [1.54, 1.807) is 42.6 Å². The van der Waals surface area contributed by atoms with Gasteiger partial charge in [-0.2, -0.15) is 0 Å². The van der Waals surface area contributed by atoms with Gasteiger partial charge in [0.2, 0.25) is 0 Å². The number of fused-ring (bicyclic) bond motifs is 1. The maximum Gasteiger partial charge on any atom is 0.330 e. The monoisotopic (exact) mass is 459 g/mol. The molecule has 0 saturated heterocycles. The van der Waals surface area contributed by atoms with Gasteiger partial charge in [-0.3, -0.25) is 9.29 Å². The standard InChI is InChI=1S/C21H15Cl2N3O3S/c22-15-11-16(23)13-19(12-15)30(28,29)25-18-6-7-20-14(10-18)8-9-26(20)21(27)24-17-4-2-1-3-5-17/h1-13,25H,(H,24,27). The summed E-state index contributed by atoms with van der Waals surface area (Å²) in [7, 11) is -3.88. The van der Waals surface area contributed by atoms with Gasteiger partial charge in [0.15, 0.2) is 0 Å². The third-order valence-electron chi connectivity index (χ3n) is 4.33. The van der Waals surface area contributed by atoms with Crippen LogP contribution in [0.15, 0.2) is 83.9 Å². The molecule has 0 bridgehead atoms. The van der Waals surface area contributed by atoms with Crippen molar-refractivity contribution in [3.05, 3.63) is 89.0 Å². The first kappa shape index (κ1) is 20.3. The lowest BCUT2D eigenvalue weighted by Crippen LogP contribution is -2.18. The Morgan fingerprint density at radius 3 is 2.23 bits per heavy atom. The molecule has 4 rings (SSSR count). The second-order valence-electron chi connectivity index (χ2n) is 6.47. The lowest BCUT2D eigenvalue weighted by atomic mass is 10.2. The molecule has 1 heterocycles. The fourth-order valence-electron chi connectivity index (χ4n) is 2.99. The normalized spacial score (nSPS) is 11.4. The number of carbonyl (C=O) groups excluding carboxylic acids is 1. The molecule has 0 aliphatic rings. The number of amides is 1. The molecule has 152 valence electrons. The van der Waals surface area contributed by atoms with Crippen molar-refractivity contribution in [1.82, 2.24) is 4.57 Å². The van der Waals surface area contributed by atoms with E-state index in [1.165, 1.54) is 22.8 Å². The van der Waals surface area contributed by atoms with E-state index in [1.807, 2.05) is 18.2 Å². The van der Waals surface area contributed by atoms with Gasteiger partial charge in [0.05, 0.1) is 10.4 Å². The Balaban J connectivity index is 1.59. The van der Waals surface area contributed by atoms with E-state index in [0.717, 1.165) is 0 Å². The van der Waals surface area contributed by atoms with Crippen LogP contribution in [0.1, 0.15) is 0 Å². The van der Waals surface area contributed by atoms with Crippen molar-refractivity contribution in [3.63, 3.8) is 0 Å². The third kappa shape index (κ3) is 4.28. The highest BCUT2D eigenvalue weighted by molar-refractivity contribution is 7.92. The minimum atomic E-state index is -3.88. The summed E-state index contributed by atoms with van der Waals surface area (Å²) in [4.78, 5) is 12.5. The van der Waals surface area contributed by atoms with Crippen molar-refractivity contribution in [1.29, 1.82) is 0 Å². The first-order valence-electron chi connectivity index (χ1n) is 8.78. The fourth-order valence-corrected chi connectivity index (χ4v) is 4.76. The number of rotatable bonds is 4. The van der Waals surface area contributed by atoms with Gasteiger partial charge >= 0.3 is 6.03 Å². The summed E-state index contributed by atoms with van der Waals surface area (Å²) < 4.78 is 29.3. The summed E-state index contributed by atoms with van der Waals surface area (Å²) in [6.07, 6.45) is 1.62. The van der Waals surface area contributed by atoms with Gasteiger partial charge in [-0.1, -0.05) is 41.4 Å². The number of nitrogens with zero attached hydrogens (tertiary/aromatic N) is 1. The van der Waals surface area contributed by atoms with Crippen molar-refractivity contribution < 1.29 is 13.2 Å². The molecule has 1 amide bonds.